The first-order valence-electron chi connectivity index (χ1n) is 9.55. The fourth-order valence-electron chi connectivity index (χ4n) is 2.86. The Morgan fingerprint density at radius 2 is 1.77 bits per heavy atom. The van der Waals surface area contributed by atoms with Crippen molar-refractivity contribution in [3.05, 3.63) is 54.5 Å². The molecular formula is C22H27F2N3O2S. The fraction of sp³-hybridized carbons (Fsp3) is 0.364. The number of phenols is 1. The van der Waals surface area contributed by atoms with E-state index < -0.39 is 22.9 Å². The normalized spacial score (nSPS) is 12.5. The summed E-state index contributed by atoms with van der Waals surface area (Å²) in [5.41, 5.74) is 2.67. The summed E-state index contributed by atoms with van der Waals surface area (Å²) in [5.74, 6) is 1.72. The molecule has 1 N–H and O–H groups in total. The molecule has 0 bridgehead atoms. The highest BCUT2D eigenvalue weighted by Crippen LogP contribution is 2.33. The molecule has 2 aromatic heterocycles. The molecule has 0 fully saturated rings. The maximum Gasteiger partial charge on any atom is 0.244 e. The van der Waals surface area contributed by atoms with Gasteiger partial charge >= 0.3 is 0 Å². The Hall–Kier alpha value is -2.45. The van der Waals surface area contributed by atoms with Crippen molar-refractivity contribution < 1.29 is 18.6 Å². The van der Waals surface area contributed by atoms with Crippen LogP contribution in [0.1, 0.15) is 5.69 Å². The minimum atomic E-state index is -2.46. The number of alkyl halides is 2. The van der Waals surface area contributed by atoms with Gasteiger partial charge in [0.1, 0.15) is 18.3 Å². The first-order valence-corrected chi connectivity index (χ1v) is 12.6. The van der Waals surface area contributed by atoms with E-state index in [0.717, 1.165) is 22.6 Å². The monoisotopic (exact) mass is 435 g/mol. The van der Waals surface area contributed by atoms with Crippen LogP contribution in [-0.2, 0) is 17.9 Å². The zero-order valence-electron chi connectivity index (χ0n) is 17.4. The van der Waals surface area contributed by atoms with Crippen molar-refractivity contribution >= 4 is 10.0 Å². The van der Waals surface area contributed by atoms with E-state index in [4.69, 9.17) is 4.74 Å². The number of halogens is 2. The maximum absolute atomic E-state index is 12.9. The number of hydrogen-bond acceptors (Lipinski definition) is 4. The molecular weight excluding hydrogens is 408 g/mol. The fourth-order valence-corrected chi connectivity index (χ4v) is 3.47. The molecule has 0 atom stereocenters. The second-order valence-corrected chi connectivity index (χ2v) is 12.5. The average molecular weight is 436 g/mol. The summed E-state index contributed by atoms with van der Waals surface area (Å²) in [6, 6.07) is 10.5. The Balaban J connectivity index is 1.80. The Morgan fingerprint density at radius 3 is 2.37 bits per heavy atom. The number of nitrogens with zero attached hydrogens (tertiary/aromatic N) is 3. The van der Waals surface area contributed by atoms with Gasteiger partial charge in [-0.2, -0.15) is 0 Å². The summed E-state index contributed by atoms with van der Waals surface area (Å²) in [6.07, 6.45) is 7.11. The third-order valence-corrected chi connectivity index (χ3v) is 5.84. The lowest BCUT2D eigenvalue weighted by atomic mass is 10.1. The van der Waals surface area contributed by atoms with Crippen molar-refractivity contribution in [3.63, 3.8) is 0 Å². The Kier molecular flexibility index (Phi) is 7.10. The summed E-state index contributed by atoms with van der Waals surface area (Å²) in [4.78, 5) is 8.87. The van der Waals surface area contributed by atoms with Crippen LogP contribution in [0.2, 0.25) is 0 Å². The van der Waals surface area contributed by atoms with Crippen LogP contribution < -0.4 is 0 Å². The first-order chi connectivity index (χ1) is 14.2. The number of imidazole rings is 1. The lowest BCUT2D eigenvalue weighted by Crippen LogP contribution is -2.10. The summed E-state index contributed by atoms with van der Waals surface area (Å²) in [6.45, 7) is 0.861. The lowest BCUT2D eigenvalue weighted by Gasteiger charge is -2.24. The molecule has 0 spiro atoms. The van der Waals surface area contributed by atoms with E-state index in [1.165, 1.54) is 0 Å². The van der Waals surface area contributed by atoms with Gasteiger partial charge in [-0.3, -0.25) is 4.98 Å². The van der Waals surface area contributed by atoms with Gasteiger partial charge in [-0.05, 0) is 55.2 Å². The predicted molar refractivity (Wildman–Crippen MR) is 118 cm³/mol. The van der Waals surface area contributed by atoms with Gasteiger partial charge in [0.2, 0.25) is 6.43 Å². The minimum absolute atomic E-state index is 0.192. The van der Waals surface area contributed by atoms with E-state index in [-0.39, 0.29) is 12.5 Å². The summed E-state index contributed by atoms with van der Waals surface area (Å²) >= 11 is 0. The molecule has 0 aliphatic rings. The quantitative estimate of drug-likeness (QED) is 0.491. The van der Waals surface area contributed by atoms with Crippen LogP contribution in [0.15, 0.2) is 48.8 Å². The highest BCUT2D eigenvalue weighted by atomic mass is 32.3. The Morgan fingerprint density at radius 1 is 1.07 bits per heavy atom. The van der Waals surface area contributed by atoms with Crippen molar-refractivity contribution in [2.24, 2.45) is 0 Å². The number of aromatic nitrogens is 3. The zero-order valence-corrected chi connectivity index (χ0v) is 18.2. The van der Waals surface area contributed by atoms with Crippen molar-refractivity contribution in [3.8, 4) is 28.4 Å². The SMILES string of the molecule is CS(C)(C)CCOCn1cc(CC(F)F)nc1-c1ccc(-c2ccc(O)cc2)nc1. The smallest absolute Gasteiger partial charge is 0.244 e. The van der Waals surface area contributed by atoms with Gasteiger partial charge in [-0.1, -0.05) is 0 Å². The van der Waals surface area contributed by atoms with Crippen molar-refractivity contribution in [1.82, 2.24) is 14.5 Å². The van der Waals surface area contributed by atoms with E-state index in [1.54, 1.807) is 41.2 Å². The maximum atomic E-state index is 12.9. The largest absolute Gasteiger partial charge is 0.508 e. The van der Waals surface area contributed by atoms with Crippen LogP contribution in [0.3, 0.4) is 0 Å². The van der Waals surface area contributed by atoms with Gasteiger partial charge in [0.15, 0.2) is 0 Å². The Labute approximate surface area is 177 Å². The van der Waals surface area contributed by atoms with Crippen LogP contribution in [-0.4, -0.2) is 57.2 Å². The second-order valence-electron chi connectivity index (χ2n) is 7.93. The van der Waals surface area contributed by atoms with Gasteiger partial charge in [0.25, 0.3) is 0 Å². The van der Waals surface area contributed by atoms with Crippen molar-refractivity contribution in [2.45, 2.75) is 19.6 Å². The molecule has 0 amide bonds. The molecule has 162 valence electrons. The van der Waals surface area contributed by atoms with Gasteiger partial charge in [-0.15, -0.1) is 0 Å². The second kappa shape index (κ2) is 9.57. The lowest BCUT2D eigenvalue weighted by molar-refractivity contribution is 0.0905. The van der Waals surface area contributed by atoms with Crippen LogP contribution in [0.25, 0.3) is 22.6 Å². The van der Waals surface area contributed by atoms with Crippen LogP contribution in [0.4, 0.5) is 8.78 Å². The highest BCUT2D eigenvalue weighted by Gasteiger charge is 2.15. The van der Waals surface area contributed by atoms with Gasteiger partial charge in [0.05, 0.1) is 24.4 Å². The number of aromatic hydroxyl groups is 1. The molecule has 0 radical (unpaired) electrons. The van der Waals surface area contributed by atoms with Crippen LogP contribution in [0, 0.1) is 0 Å². The number of hydrogen-bond donors (Lipinski definition) is 1. The number of ether oxygens (including phenoxy) is 1. The molecule has 0 aliphatic heterocycles. The summed E-state index contributed by atoms with van der Waals surface area (Å²) < 4.78 is 33.3. The number of phenolic OH excluding ortho intramolecular Hbond substituents is 1. The van der Waals surface area contributed by atoms with E-state index in [1.807, 2.05) is 12.1 Å². The standard InChI is InChI=1S/C22H27F2N3O2S/c1-30(2,3)11-10-29-15-27-14-18(12-21(23)24)26-22(27)17-6-9-20(25-13-17)16-4-7-19(28)8-5-16/h4-9,13-14,21,28H,10-12,15H2,1-3H3. The molecule has 0 saturated carbocycles. The van der Waals surface area contributed by atoms with Crippen LogP contribution >= 0.6 is 10.0 Å². The molecule has 8 heteroatoms. The van der Waals surface area contributed by atoms with E-state index in [9.17, 15) is 13.9 Å². The van der Waals surface area contributed by atoms with E-state index >= 15 is 0 Å². The van der Waals surface area contributed by atoms with Crippen molar-refractivity contribution in [1.29, 1.82) is 0 Å². The molecule has 3 rings (SSSR count). The van der Waals surface area contributed by atoms with Crippen LogP contribution in [0.5, 0.6) is 5.75 Å². The topological polar surface area (TPSA) is 60.2 Å². The molecule has 2 heterocycles. The Bertz CT molecular complexity index is 952. The molecule has 0 unspecified atom stereocenters. The first kappa shape index (κ1) is 22.2. The number of benzene rings is 1. The van der Waals surface area contributed by atoms with Crippen molar-refractivity contribution in [2.75, 3.05) is 31.1 Å². The van der Waals surface area contributed by atoms with Gasteiger partial charge in [-0.25, -0.2) is 23.8 Å². The average Bonchev–Trinajstić information content (AvgIpc) is 3.07. The summed E-state index contributed by atoms with van der Waals surface area (Å²) in [7, 11) is -0.660. The molecule has 5 nitrogen and oxygen atoms in total. The predicted octanol–water partition coefficient (Wildman–Crippen LogP) is 4.79. The molecule has 3 aromatic rings. The number of pyridine rings is 1. The molecule has 30 heavy (non-hydrogen) atoms. The molecule has 0 saturated heterocycles. The highest BCUT2D eigenvalue weighted by molar-refractivity contribution is 8.32. The van der Waals surface area contributed by atoms with E-state index in [2.05, 4.69) is 28.7 Å². The molecule has 0 aliphatic carbocycles. The van der Waals surface area contributed by atoms with Gasteiger partial charge < -0.3 is 14.4 Å². The third-order valence-electron chi connectivity index (χ3n) is 4.45. The minimum Gasteiger partial charge on any atom is -0.508 e. The summed E-state index contributed by atoms with van der Waals surface area (Å²) in [5, 5.41) is 9.43. The van der Waals surface area contributed by atoms with Gasteiger partial charge in [0, 0.05) is 29.3 Å². The zero-order chi connectivity index (χ0) is 21.7. The third kappa shape index (κ3) is 6.27. The number of rotatable bonds is 9. The molecule has 1 aromatic carbocycles. The van der Waals surface area contributed by atoms with E-state index in [0.29, 0.717) is 18.1 Å².